The number of rotatable bonds is 7. The molecule has 1 amide bonds. The van der Waals surface area contributed by atoms with Crippen LogP contribution in [-0.2, 0) is 4.79 Å². The van der Waals surface area contributed by atoms with Crippen molar-refractivity contribution in [3.8, 4) is 0 Å². The highest BCUT2D eigenvalue weighted by molar-refractivity contribution is 7.97. The minimum Gasteiger partial charge on any atom is -0.363 e. The summed E-state index contributed by atoms with van der Waals surface area (Å²) in [6.45, 7) is 3.44. The number of pyridine rings is 1. The van der Waals surface area contributed by atoms with Crippen molar-refractivity contribution in [3.63, 3.8) is 0 Å². The van der Waals surface area contributed by atoms with Crippen LogP contribution >= 0.6 is 11.9 Å². The van der Waals surface area contributed by atoms with Gasteiger partial charge in [-0.25, -0.2) is 15.0 Å². The SMILES string of the molecule is CC1(C)CC(CCC(Nc2cccc(SN)n2)c2cncnc2)CN1C(=O)C(F)(F)F. The molecule has 0 bridgehead atoms. The zero-order valence-electron chi connectivity index (χ0n) is 17.3. The van der Waals surface area contributed by atoms with Crippen LogP contribution in [0.25, 0.3) is 0 Å². The van der Waals surface area contributed by atoms with Crippen molar-refractivity contribution in [3.05, 3.63) is 42.5 Å². The second-order valence-corrected chi connectivity index (χ2v) is 8.88. The van der Waals surface area contributed by atoms with Gasteiger partial charge < -0.3 is 10.2 Å². The Morgan fingerprint density at radius 1 is 1.35 bits per heavy atom. The van der Waals surface area contributed by atoms with Crippen LogP contribution in [0.1, 0.15) is 44.7 Å². The molecule has 2 unspecified atom stereocenters. The largest absolute Gasteiger partial charge is 0.471 e. The topological polar surface area (TPSA) is 97.0 Å². The number of hydrogen-bond acceptors (Lipinski definition) is 7. The van der Waals surface area contributed by atoms with Gasteiger partial charge in [0, 0.05) is 30.0 Å². The molecule has 2 atom stereocenters. The molecule has 1 saturated heterocycles. The van der Waals surface area contributed by atoms with Gasteiger partial charge in [0.1, 0.15) is 17.2 Å². The number of carbonyl (C=O) groups excluding carboxylic acids is 1. The molecule has 3 heterocycles. The van der Waals surface area contributed by atoms with Crippen LogP contribution in [0, 0.1) is 5.92 Å². The molecule has 0 spiro atoms. The Morgan fingerprint density at radius 3 is 2.71 bits per heavy atom. The van der Waals surface area contributed by atoms with E-state index in [0.717, 1.165) is 22.4 Å². The molecule has 1 fully saturated rings. The summed E-state index contributed by atoms with van der Waals surface area (Å²) in [5.41, 5.74) is 0.000168. The first-order valence-corrected chi connectivity index (χ1v) is 10.7. The molecule has 3 rings (SSSR count). The van der Waals surface area contributed by atoms with Crippen LogP contribution in [0.3, 0.4) is 0 Å². The zero-order chi connectivity index (χ0) is 22.6. The Morgan fingerprint density at radius 2 is 2.06 bits per heavy atom. The van der Waals surface area contributed by atoms with E-state index in [2.05, 4.69) is 20.3 Å². The van der Waals surface area contributed by atoms with E-state index in [0.29, 0.717) is 30.1 Å². The lowest BCUT2D eigenvalue weighted by molar-refractivity contribution is -0.188. The van der Waals surface area contributed by atoms with E-state index in [1.54, 1.807) is 32.3 Å². The Labute approximate surface area is 183 Å². The molecule has 0 aliphatic carbocycles. The highest BCUT2D eigenvalue weighted by atomic mass is 32.2. The molecular formula is C20H25F3N6OS. The van der Waals surface area contributed by atoms with E-state index in [4.69, 9.17) is 5.14 Å². The van der Waals surface area contributed by atoms with Crippen molar-refractivity contribution in [2.45, 2.75) is 55.9 Å². The van der Waals surface area contributed by atoms with E-state index in [-0.39, 0.29) is 18.5 Å². The maximum atomic E-state index is 13.0. The molecular weight excluding hydrogens is 429 g/mol. The lowest BCUT2D eigenvalue weighted by atomic mass is 9.91. The predicted molar refractivity (Wildman–Crippen MR) is 112 cm³/mol. The summed E-state index contributed by atoms with van der Waals surface area (Å²) in [4.78, 5) is 25.4. The Kier molecular flexibility index (Phi) is 7.05. The number of anilines is 1. The third-order valence-corrected chi connectivity index (χ3v) is 5.93. The summed E-state index contributed by atoms with van der Waals surface area (Å²) < 4.78 is 38.9. The van der Waals surface area contributed by atoms with Crippen LogP contribution in [0.5, 0.6) is 0 Å². The maximum Gasteiger partial charge on any atom is 0.471 e. The molecule has 0 saturated carbocycles. The van der Waals surface area contributed by atoms with Gasteiger partial charge in [-0.15, -0.1) is 0 Å². The first kappa shape index (κ1) is 23.3. The zero-order valence-corrected chi connectivity index (χ0v) is 18.1. The van der Waals surface area contributed by atoms with Crippen molar-refractivity contribution < 1.29 is 18.0 Å². The van der Waals surface area contributed by atoms with Crippen molar-refractivity contribution in [1.82, 2.24) is 19.9 Å². The van der Waals surface area contributed by atoms with Gasteiger partial charge in [-0.2, -0.15) is 13.2 Å². The number of aromatic nitrogens is 3. The van der Waals surface area contributed by atoms with E-state index in [1.165, 1.54) is 6.33 Å². The van der Waals surface area contributed by atoms with E-state index in [1.807, 2.05) is 12.1 Å². The normalized spacial score (nSPS) is 19.3. The number of hydrogen-bond donors (Lipinski definition) is 2. The number of nitrogens with one attached hydrogen (secondary N) is 1. The van der Waals surface area contributed by atoms with Crippen molar-refractivity contribution >= 4 is 23.7 Å². The molecule has 2 aromatic rings. The molecule has 31 heavy (non-hydrogen) atoms. The minimum atomic E-state index is -4.87. The number of halogens is 3. The maximum absolute atomic E-state index is 13.0. The first-order chi connectivity index (χ1) is 14.6. The van der Waals surface area contributed by atoms with Crippen molar-refractivity contribution in [2.75, 3.05) is 11.9 Å². The van der Waals surface area contributed by atoms with Crippen LogP contribution in [0.2, 0.25) is 0 Å². The van der Waals surface area contributed by atoms with Crippen LogP contribution in [-0.4, -0.2) is 44.0 Å². The smallest absolute Gasteiger partial charge is 0.363 e. The van der Waals surface area contributed by atoms with Crippen LogP contribution < -0.4 is 10.5 Å². The predicted octanol–water partition coefficient (Wildman–Crippen LogP) is 3.96. The number of carbonyl (C=O) groups is 1. The lowest BCUT2D eigenvalue weighted by Gasteiger charge is -2.31. The average Bonchev–Trinajstić information content (AvgIpc) is 3.04. The molecule has 168 valence electrons. The van der Waals surface area contributed by atoms with Crippen LogP contribution in [0.4, 0.5) is 19.0 Å². The summed E-state index contributed by atoms with van der Waals surface area (Å²) in [5, 5.41) is 9.60. The molecule has 1 aliphatic rings. The summed E-state index contributed by atoms with van der Waals surface area (Å²) in [6, 6.07) is 5.26. The van der Waals surface area contributed by atoms with Gasteiger partial charge >= 0.3 is 12.1 Å². The summed E-state index contributed by atoms with van der Waals surface area (Å²) in [7, 11) is 0. The lowest BCUT2D eigenvalue weighted by Crippen LogP contribution is -2.48. The number of alkyl halides is 3. The fourth-order valence-corrected chi connectivity index (χ4v) is 4.35. The van der Waals surface area contributed by atoms with Gasteiger partial charge in [0.15, 0.2) is 0 Å². The summed E-state index contributed by atoms with van der Waals surface area (Å²) in [5.74, 6) is -1.19. The highest BCUT2D eigenvalue weighted by Crippen LogP contribution is 2.39. The summed E-state index contributed by atoms with van der Waals surface area (Å²) >= 11 is 1.04. The van der Waals surface area contributed by atoms with Crippen molar-refractivity contribution in [2.24, 2.45) is 11.1 Å². The van der Waals surface area contributed by atoms with Gasteiger partial charge in [0.05, 0.1) is 6.04 Å². The highest BCUT2D eigenvalue weighted by Gasteiger charge is 2.50. The number of amides is 1. The van der Waals surface area contributed by atoms with E-state index < -0.39 is 17.6 Å². The standard InChI is InChI=1S/C20H25F3N6OS/c1-19(2)8-13(11-29(19)18(30)20(21,22)23)6-7-15(14-9-25-12-26-10-14)27-16-4-3-5-17(28-16)31-24/h3-5,9-10,12-13,15H,6-8,11,24H2,1-2H3,(H,27,28). The number of nitrogens with two attached hydrogens (primary N) is 1. The molecule has 2 aromatic heterocycles. The molecule has 11 heteroatoms. The quantitative estimate of drug-likeness (QED) is 0.611. The first-order valence-electron chi connectivity index (χ1n) is 9.84. The average molecular weight is 455 g/mol. The minimum absolute atomic E-state index is 0.0471. The van der Waals surface area contributed by atoms with Gasteiger partial charge in [-0.3, -0.25) is 9.93 Å². The fourth-order valence-electron chi connectivity index (χ4n) is 4.05. The second-order valence-electron chi connectivity index (χ2n) is 8.22. The fraction of sp³-hybridized carbons (Fsp3) is 0.500. The third kappa shape index (κ3) is 5.85. The van der Waals surface area contributed by atoms with Crippen molar-refractivity contribution in [1.29, 1.82) is 0 Å². The van der Waals surface area contributed by atoms with Crippen LogP contribution in [0.15, 0.2) is 41.9 Å². The molecule has 0 aromatic carbocycles. The van der Waals surface area contributed by atoms with Gasteiger partial charge in [0.2, 0.25) is 0 Å². The number of likely N-dealkylation sites (tertiary alicyclic amines) is 1. The molecule has 0 radical (unpaired) electrons. The van der Waals surface area contributed by atoms with E-state index >= 15 is 0 Å². The Bertz CT molecular complexity index is 896. The Hall–Kier alpha value is -2.40. The molecule has 3 N–H and O–H groups in total. The summed E-state index contributed by atoms with van der Waals surface area (Å²) in [6.07, 6.45) is 1.71. The van der Waals surface area contributed by atoms with Gasteiger partial charge in [0.25, 0.3) is 0 Å². The Balaban J connectivity index is 1.71. The molecule has 7 nitrogen and oxygen atoms in total. The van der Waals surface area contributed by atoms with Gasteiger partial charge in [-0.05, 0) is 63.1 Å². The second kappa shape index (κ2) is 9.39. The third-order valence-electron chi connectivity index (χ3n) is 5.46. The van der Waals surface area contributed by atoms with E-state index in [9.17, 15) is 18.0 Å². The molecule has 1 aliphatic heterocycles. The monoisotopic (exact) mass is 454 g/mol. The van der Waals surface area contributed by atoms with Gasteiger partial charge in [-0.1, -0.05) is 6.07 Å². The number of nitrogens with zero attached hydrogens (tertiary/aromatic N) is 4.